The maximum absolute atomic E-state index is 12.5. The standard InChI is InChI=1S/C12H14ClN3O3S/c1-7-8(2)20-4-3-15(7)12(17)10-5-9(16(18)19)6-14-11(10)13/h5-8H,3-4H2,1-2H3. The predicted molar refractivity (Wildman–Crippen MR) is 78.3 cm³/mol. The molecular weight excluding hydrogens is 302 g/mol. The molecule has 0 spiro atoms. The lowest BCUT2D eigenvalue weighted by Gasteiger charge is -2.37. The summed E-state index contributed by atoms with van der Waals surface area (Å²) in [5, 5.41) is 11.1. The number of rotatable bonds is 2. The van der Waals surface area contributed by atoms with Gasteiger partial charge in [-0.2, -0.15) is 11.8 Å². The van der Waals surface area contributed by atoms with E-state index in [0.717, 1.165) is 11.9 Å². The van der Waals surface area contributed by atoms with Gasteiger partial charge < -0.3 is 4.90 Å². The van der Waals surface area contributed by atoms with E-state index in [2.05, 4.69) is 11.9 Å². The normalized spacial score (nSPS) is 22.6. The highest BCUT2D eigenvalue weighted by molar-refractivity contribution is 8.00. The fourth-order valence-corrected chi connectivity index (χ4v) is 3.34. The number of hydrogen-bond acceptors (Lipinski definition) is 5. The Hall–Kier alpha value is -1.34. The first kappa shape index (κ1) is 15.1. The van der Waals surface area contributed by atoms with Gasteiger partial charge in [0.1, 0.15) is 11.3 Å². The molecule has 0 bridgehead atoms. The van der Waals surface area contributed by atoms with Crippen molar-refractivity contribution >= 4 is 35.0 Å². The lowest BCUT2D eigenvalue weighted by atomic mass is 10.1. The number of hydrogen-bond donors (Lipinski definition) is 0. The fraction of sp³-hybridized carbons (Fsp3) is 0.500. The Balaban J connectivity index is 2.33. The molecule has 1 amide bonds. The third-order valence-corrected chi connectivity index (χ3v) is 5.05. The minimum absolute atomic E-state index is 0.00122. The molecule has 108 valence electrons. The second-order valence-corrected chi connectivity index (χ2v) is 6.45. The number of nitrogens with zero attached hydrogens (tertiary/aromatic N) is 3. The molecule has 2 atom stereocenters. The van der Waals surface area contributed by atoms with Crippen molar-refractivity contribution in [3.63, 3.8) is 0 Å². The zero-order valence-corrected chi connectivity index (χ0v) is 12.6. The zero-order chi connectivity index (χ0) is 14.9. The number of carbonyl (C=O) groups excluding carboxylic acids is 1. The zero-order valence-electron chi connectivity index (χ0n) is 11.1. The first-order valence-electron chi connectivity index (χ1n) is 6.14. The number of pyridine rings is 1. The summed E-state index contributed by atoms with van der Waals surface area (Å²) in [5.74, 6) is 0.544. The van der Waals surface area contributed by atoms with E-state index in [1.807, 2.05) is 6.92 Å². The molecule has 1 saturated heterocycles. The molecule has 6 nitrogen and oxygen atoms in total. The number of aromatic nitrogens is 1. The first-order chi connectivity index (χ1) is 9.41. The molecule has 20 heavy (non-hydrogen) atoms. The van der Waals surface area contributed by atoms with Crippen molar-refractivity contribution < 1.29 is 9.72 Å². The first-order valence-corrected chi connectivity index (χ1v) is 7.57. The van der Waals surface area contributed by atoms with E-state index in [1.165, 1.54) is 6.07 Å². The molecule has 1 aromatic heterocycles. The molecule has 1 aliphatic rings. The van der Waals surface area contributed by atoms with Gasteiger partial charge in [0.15, 0.2) is 0 Å². The summed E-state index contributed by atoms with van der Waals surface area (Å²) in [4.78, 5) is 28.1. The molecule has 2 heterocycles. The highest BCUT2D eigenvalue weighted by Gasteiger charge is 2.31. The van der Waals surface area contributed by atoms with Gasteiger partial charge in [-0.15, -0.1) is 0 Å². The summed E-state index contributed by atoms with van der Waals surface area (Å²) >= 11 is 7.72. The van der Waals surface area contributed by atoms with Crippen LogP contribution in [0.1, 0.15) is 24.2 Å². The van der Waals surface area contributed by atoms with Crippen LogP contribution < -0.4 is 0 Å². The minimum Gasteiger partial charge on any atom is -0.334 e. The van der Waals surface area contributed by atoms with Gasteiger partial charge in [-0.05, 0) is 6.92 Å². The quantitative estimate of drug-likeness (QED) is 0.476. The maximum Gasteiger partial charge on any atom is 0.288 e. The molecule has 0 N–H and O–H groups in total. The largest absolute Gasteiger partial charge is 0.334 e. The number of amides is 1. The van der Waals surface area contributed by atoms with Crippen LogP contribution in [0.3, 0.4) is 0 Å². The van der Waals surface area contributed by atoms with Crippen LogP contribution in [0.25, 0.3) is 0 Å². The molecule has 2 unspecified atom stereocenters. The molecule has 1 aromatic rings. The second-order valence-electron chi connectivity index (χ2n) is 4.60. The van der Waals surface area contributed by atoms with E-state index in [9.17, 15) is 14.9 Å². The summed E-state index contributed by atoms with van der Waals surface area (Å²) in [6.45, 7) is 4.63. The molecule has 0 aliphatic carbocycles. The average molecular weight is 316 g/mol. The number of nitro groups is 1. The van der Waals surface area contributed by atoms with Gasteiger partial charge in [0.2, 0.25) is 0 Å². The Morgan fingerprint density at radius 1 is 1.60 bits per heavy atom. The Morgan fingerprint density at radius 2 is 2.30 bits per heavy atom. The van der Waals surface area contributed by atoms with E-state index in [-0.39, 0.29) is 28.4 Å². The van der Waals surface area contributed by atoms with Crippen LogP contribution in [0, 0.1) is 10.1 Å². The molecule has 0 aromatic carbocycles. The smallest absolute Gasteiger partial charge is 0.288 e. The second kappa shape index (κ2) is 5.97. The predicted octanol–water partition coefficient (Wildman–Crippen LogP) is 2.61. The van der Waals surface area contributed by atoms with Gasteiger partial charge in [0.05, 0.1) is 10.5 Å². The van der Waals surface area contributed by atoms with Crippen molar-refractivity contribution in [1.82, 2.24) is 9.88 Å². The van der Waals surface area contributed by atoms with Gasteiger partial charge in [-0.1, -0.05) is 18.5 Å². The van der Waals surface area contributed by atoms with Crippen molar-refractivity contribution in [2.75, 3.05) is 12.3 Å². The SMILES string of the molecule is CC1SCCN(C(=O)c2cc([N+](=O)[O-])cnc2Cl)C1C. The maximum atomic E-state index is 12.5. The molecule has 0 saturated carbocycles. The highest BCUT2D eigenvalue weighted by atomic mass is 35.5. The van der Waals surface area contributed by atoms with E-state index >= 15 is 0 Å². The third kappa shape index (κ3) is 2.88. The topological polar surface area (TPSA) is 76.3 Å². The Labute approximate surface area is 125 Å². The Morgan fingerprint density at radius 3 is 2.95 bits per heavy atom. The van der Waals surface area contributed by atoms with Crippen molar-refractivity contribution in [2.45, 2.75) is 25.1 Å². The van der Waals surface area contributed by atoms with E-state index < -0.39 is 4.92 Å². The van der Waals surface area contributed by atoms with Crippen molar-refractivity contribution in [3.05, 3.63) is 33.1 Å². The molecule has 1 fully saturated rings. The Kier molecular flexibility index (Phi) is 4.49. The van der Waals surface area contributed by atoms with Crippen molar-refractivity contribution in [3.8, 4) is 0 Å². The van der Waals surface area contributed by atoms with E-state index in [1.54, 1.807) is 16.7 Å². The monoisotopic (exact) mass is 315 g/mol. The third-order valence-electron chi connectivity index (χ3n) is 3.41. The minimum atomic E-state index is -0.585. The van der Waals surface area contributed by atoms with Gasteiger partial charge in [-0.3, -0.25) is 14.9 Å². The molecule has 2 rings (SSSR count). The summed E-state index contributed by atoms with van der Waals surface area (Å²) in [6.07, 6.45) is 1.05. The van der Waals surface area contributed by atoms with Crippen LogP contribution in [0.5, 0.6) is 0 Å². The van der Waals surface area contributed by atoms with Crippen LogP contribution in [0.15, 0.2) is 12.3 Å². The van der Waals surface area contributed by atoms with Gasteiger partial charge in [0, 0.05) is 29.7 Å². The summed E-state index contributed by atoms with van der Waals surface area (Å²) in [7, 11) is 0. The summed E-state index contributed by atoms with van der Waals surface area (Å²) < 4.78 is 0. The lowest BCUT2D eigenvalue weighted by molar-refractivity contribution is -0.385. The van der Waals surface area contributed by atoms with Crippen LogP contribution >= 0.6 is 23.4 Å². The van der Waals surface area contributed by atoms with Crippen LogP contribution in [0.2, 0.25) is 5.15 Å². The summed E-state index contributed by atoms with van der Waals surface area (Å²) in [6, 6.07) is 1.24. The van der Waals surface area contributed by atoms with Crippen LogP contribution in [-0.2, 0) is 0 Å². The van der Waals surface area contributed by atoms with Gasteiger partial charge in [0.25, 0.3) is 11.6 Å². The summed E-state index contributed by atoms with van der Waals surface area (Å²) in [5.41, 5.74) is -0.142. The van der Waals surface area contributed by atoms with Gasteiger partial charge >= 0.3 is 0 Å². The average Bonchev–Trinajstić information content (AvgIpc) is 2.41. The fourth-order valence-electron chi connectivity index (χ4n) is 2.06. The molecular formula is C12H14ClN3O3S. The number of carbonyl (C=O) groups is 1. The molecule has 1 aliphatic heterocycles. The van der Waals surface area contributed by atoms with Crippen LogP contribution in [-0.4, -0.2) is 44.3 Å². The van der Waals surface area contributed by atoms with E-state index in [4.69, 9.17) is 11.6 Å². The van der Waals surface area contributed by atoms with Crippen molar-refractivity contribution in [1.29, 1.82) is 0 Å². The lowest BCUT2D eigenvalue weighted by Crippen LogP contribution is -2.48. The van der Waals surface area contributed by atoms with Gasteiger partial charge in [-0.25, -0.2) is 4.98 Å². The van der Waals surface area contributed by atoms with Crippen LogP contribution in [0.4, 0.5) is 5.69 Å². The number of thioether (sulfide) groups is 1. The highest BCUT2D eigenvalue weighted by Crippen LogP contribution is 2.28. The Bertz CT molecular complexity index is 555. The molecule has 0 radical (unpaired) electrons. The molecule has 8 heteroatoms. The van der Waals surface area contributed by atoms with E-state index in [0.29, 0.717) is 11.8 Å². The number of halogens is 1. The van der Waals surface area contributed by atoms with Crippen molar-refractivity contribution in [2.24, 2.45) is 0 Å².